The zero-order valence-electron chi connectivity index (χ0n) is 12.8. The van der Waals surface area contributed by atoms with Gasteiger partial charge in [0.05, 0.1) is 23.4 Å². The number of halogens is 2. The quantitative estimate of drug-likeness (QED) is 0.547. The van der Waals surface area contributed by atoms with E-state index in [2.05, 4.69) is 10.6 Å². The number of methoxy groups -OCH3 is 1. The number of thiocarbonyl (C=S) groups is 1. The lowest BCUT2D eigenvalue weighted by molar-refractivity contribution is 0.0974. The van der Waals surface area contributed by atoms with Gasteiger partial charge >= 0.3 is 0 Å². The Morgan fingerprint density at radius 3 is 2.67 bits per heavy atom. The molecule has 2 rings (SSSR count). The average molecular weight is 385 g/mol. The molecule has 5 nitrogen and oxygen atoms in total. The Kier molecular flexibility index (Phi) is 5.88. The van der Waals surface area contributed by atoms with E-state index in [4.69, 9.17) is 40.2 Å². The summed E-state index contributed by atoms with van der Waals surface area (Å²) >= 11 is 16.8. The van der Waals surface area contributed by atoms with Gasteiger partial charge < -0.3 is 15.2 Å². The molecule has 8 heteroatoms. The molecule has 0 saturated carbocycles. The van der Waals surface area contributed by atoms with Crippen LogP contribution in [0.2, 0.25) is 10.0 Å². The van der Waals surface area contributed by atoms with Crippen molar-refractivity contribution < 1.29 is 14.6 Å². The molecule has 0 heterocycles. The van der Waals surface area contributed by atoms with E-state index < -0.39 is 5.91 Å². The first-order chi connectivity index (χ1) is 11.3. The van der Waals surface area contributed by atoms with Crippen molar-refractivity contribution in [3.8, 4) is 11.5 Å². The number of rotatable bonds is 3. The summed E-state index contributed by atoms with van der Waals surface area (Å²) < 4.78 is 5.25. The highest BCUT2D eigenvalue weighted by molar-refractivity contribution is 7.80. The van der Waals surface area contributed by atoms with Crippen molar-refractivity contribution in [1.82, 2.24) is 5.32 Å². The van der Waals surface area contributed by atoms with Crippen molar-refractivity contribution in [1.29, 1.82) is 0 Å². The summed E-state index contributed by atoms with van der Waals surface area (Å²) in [5.74, 6) is -0.196. The fraction of sp³-hybridized carbons (Fsp3) is 0.125. The zero-order chi connectivity index (χ0) is 17.9. The maximum atomic E-state index is 12.4. The number of aromatic hydroxyl groups is 1. The summed E-state index contributed by atoms with van der Waals surface area (Å²) in [5, 5.41) is 15.5. The molecule has 0 atom stereocenters. The van der Waals surface area contributed by atoms with Crippen LogP contribution in [-0.4, -0.2) is 23.2 Å². The summed E-state index contributed by atoms with van der Waals surface area (Å²) in [6, 6.07) is 8.03. The molecule has 0 aliphatic carbocycles. The number of carbonyl (C=O) groups excluding carboxylic acids is 1. The van der Waals surface area contributed by atoms with Crippen LogP contribution in [-0.2, 0) is 0 Å². The lowest BCUT2D eigenvalue weighted by Gasteiger charge is -2.14. The molecule has 1 amide bonds. The molecule has 2 aromatic carbocycles. The van der Waals surface area contributed by atoms with E-state index in [9.17, 15) is 9.90 Å². The number of hydrogen-bond donors (Lipinski definition) is 3. The highest BCUT2D eigenvalue weighted by Crippen LogP contribution is 2.35. The van der Waals surface area contributed by atoms with Crippen LogP contribution in [0.5, 0.6) is 11.5 Å². The van der Waals surface area contributed by atoms with Crippen molar-refractivity contribution in [2.45, 2.75) is 6.92 Å². The molecule has 3 N–H and O–H groups in total. The van der Waals surface area contributed by atoms with Gasteiger partial charge in [0, 0.05) is 5.02 Å². The summed E-state index contributed by atoms with van der Waals surface area (Å²) in [4.78, 5) is 12.4. The summed E-state index contributed by atoms with van der Waals surface area (Å²) in [6.07, 6.45) is 0. The van der Waals surface area contributed by atoms with Gasteiger partial charge in [-0.25, -0.2) is 0 Å². The van der Waals surface area contributed by atoms with Gasteiger partial charge in [0.25, 0.3) is 5.91 Å². The first-order valence-electron chi connectivity index (χ1n) is 6.77. The number of anilines is 1. The third-order valence-electron chi connectivity index (χ3n) is 3.16. The van der Waals surface area contributed by atoms with Gasteiger partial charge in [-0.1, -0.05) is 35.3 Å². The Bertz CT molecular complexity index is 812. The monoisotopic (exact) mass is 384 g/mol. The number of benzene rings is 2. The minimum absolute atomic E-state index is 0.0165. The highest BCUT2D eigenvalue weighted by Gasteiger charge is 2.16. The van der Waals surface area contributed by atoms with Crippen molar-refractivity contribution in [2.75, 3.05) is 12.4 Å². The van der Waals surface area contributed by atoms with Gasteiger partial charge in [0.1, 0.15) is 5.75 Å². The maximum Gasteiger partial charge on any atom is 0.261 e. The minimum atomic E-state index is -0.444. The zero-order valence-corrected chi connectivity index (χ0v) is 15.1. The maximum absolute atomic E-state index is 12.4. The van der Waals surface area contributed by atoms with Gasteiger partial charge in [-0.3, -0.25) is 10.1 Å². The standard InChI is InChI=1S/C16H14Cl2N2O3S/c1-8-4-3-5-10(14(8)23-2)15(22)20-16(24)19-12-7-9(17)6-11(18)13(12)21/h3-7,21H,1-2H3,(H2,19,20,22,24). The topological polar surface area (TPSA) is 70.6 Å². The normalized spacial score (nSPS) is 10.2. The van der Waals surface area contributed by atoms with Crippen LogP contribution in [0.1, 0.15) is 15.9 Å². The number of ether oxygens (including phenoxy) is 1. The second-order valence-electron chi connectivity index (χ2n) is 4.85. The predicted molar refractivity (Wildman–Crippen MR) is 99.5 cm³/mol. The van der Waals surface area contributed by atoms with Crippen molar-refractivity contribution in [2.24, 2.45) is 0 Å². The molecule has 2 aromatic rings. The van der Waals surface area contributed by atoms with Crippen LogP contribution in [0.4, 0.5) is 5.69 Å². The van der Waals surface area contributed by atoms with E-state index in [1.165, 1.54) is 19.2 Å². The van der Waals surface area contributed by atoms with Crippen LogP contribution in [0.3, 0.4) is 0 Å². The number of amides is 1. The lowest BCUT2D eigenvalue weighted by atomic mass is 10.1. The van der Waals surface area contributed by atoms with E-state index in [1.54, 1.807) is 12.1 Å². The Morgan fingerprint density at radius 2 is 2.00 bits per heavy atom. The van der Waals surface area contributed by atoms with Gasteiger partial charge in [0.2, 0.25) is 0 Å². The van der Waals surface area contributed by atoms with Crippen LogP contribution in [0, 0.1) is 6.92 Å². The van der Waals surface area contributed by atoms with Gasteiger partial charge in [0.15, 0.2) is 10.9 Å². The number of carbonyl (C=O) groups is 1. The number of hydrogen-bond acceptors (Lipinski definition) is 4. The fourth-order valence-corrected chi connectivity index (χ4v) is 2.78. The molecule has 0 aromatic heterocycles. The van der Waals surface area contributed by atoms with E-state index >= 15 is 0 Å². The van der Waals surface area contributed by atoms with Crippen LogP contribution < -0.4 is 15.4 Å². The molecule has 0 saturated heterocycles. The molecule has 24 heavy (non-hydrogen) atoms. The predicted octanol–water partition coefficient (Wildman–Crippen LogP) is 4.14. The number of para-hydroxylation sites is 1. The third-order valence-corrected chi connectivity index (χ3v) is 3.87. The number of phenols is 1. The Labute approximate surface area is 154 Å². The van der Waals surface area contributed by atoms with Crippen molar-refractivity contribution in [3.63, 3.8) is 0 Å². The van der Waals surface area contributed by atoms with Crippen molar-refractivity contribution in [3.05, 3.63) is 51.5 Å². The molecular weight excluding hydrogens is 371 g/mol. The number of phenolic OH excluding ortho intramolecular Hbond substituents is 1. The van der Waals surface area contributed by atoms with E-state index in [-0.39, 0.29) is 21.6 Å². The fourth-order valence-electron chi connectivity index (χ4n) is 2.09. The Hall–Kier alpha value is -2.02. The molecule has 0 aliphatic heterocycles. The molecule has 0 spiro atoms. The lowest BCUT2D eigenvalue weighted by Crippen LogP contribution is -2.34. The molecule has 0 bridgehead atoms. The van der Waals surface area contributed by atoms with Gasteiger partial charge in [-0.2, -0.15) is 0 Å². The number of nitrogens with one attached hydrogen (secondary N) is 2. The summed E-state index contributed by atoms with van der Waals surface area (Å²) in [5.41, 5.74) is 1.35. The average Bonchev–Trinajstić information content (AvgIpc) is 2.51. The Balaban J connectivity index is 2.16. The molecular formula is C16H14Cl2N2O3S. The van der Waals surface area contributed by atoms with Crippen LogP contribution in [0.25, 0.3) is 0 Å². The van der Waals surface area contributed by atoms with Crippen molar-refractivity contribution >= 4 is 52.1 Å². The molecule has 0 radical (unpaired) electrons. The first-order valence-corrected chi connectivity index (χ1v) is 7.94. The summed E-state index contributed by atoms with van der Waals surface area (Å²) in [6.45, 7) is 1.83. The first kappa shape index (κ1) is 18.3. The van der Waals surface area contributed by atoms with E-state index in [0.29, 0.717) is 16.3 Å². The second-order valence-corrected chi connectivity index (χ2v) is 6.10. The largest absolute Gasteiger partial charge is 0.504 e. The Morgan fingerprint density at radius 1 is 1.29 bits per heavy atom. The SMILES string of the molecule is COc1c(C)cccc1C(=O)NC(=S)Nc1cc(Cl)cc(Cl)c1O. The molecule has 0 unspecified atom stereocenters. The minimum Gasteiger partial charge on any atom is -0.504 e. The van der Waals surface area contributed by atoms with E-state index in [0.717, 1.165) is 5.56 Å². The number of aryl methyl sites for hydroxylation is 1. The molecule has 0 fully saturated rings. The highest BCUT2D eigenvalue weighted by atomic mass is 35.5. The second kappa shape index (κ2) is 7.70. The van der Waals surface area contributed by atoms with Crippen LogP contribution in [0.15, 0.2) is 30.3 Å². The third kappa shape index (κ3) is 4.08. The molecule has 126 valence electrons. The van der Waals surface area contributed by atoms with E-state index in [1.807, 2.05) is 13.0 Å². The van der Waals surface area contributed by atoms with Gasteiger partial charge in [-0.05, 0) is 42.9 Å². The molecule has 0 aliphatic rings. The summed E-state index contributed by atoms with van der Waals surface area (Å²) in [7, 11) is 1.49. The van der Waals surface area contributed by atoms with Crippen LogP contribution >= 0.6 is 35.4 Å². The van der Waals surface area contributed by atoms with Gasteiger partial charge in [-0.15, -0.1) is 0 Å². The smallest absolute Gasteiger partial charge is 0.261 e.